The van der Waals surface area contributed by atoms with Gasteiger partial charge in [-0.15, -0.1) is 0 Å². The van der Waals surface area contributed by atoms with Gasteiger partial charge in [-0.25, -0.2) is 0 Å². The molecule has 0 spiro atoms. The Bertz CT molecular complexity index is 527. The van der Waals surface area contributed by atoms with E-state index in [1.165, 1.54) is 24.1 Å². The zero-order valence-electron chi connectivity index (χ0n) is 12.4. The lowest BCUT2D eigenvalue weighted by molar-refractivity contribution is 0.272. The molecule has 0 saturated carbocycles. The molecule has 110 valence electrons. The lowest BCUT2D eigenvalue weighted by atomic mass is 10.1. The zero-order chi connectivity index (χ0) is 14.3. The summed E-state index contributed by atoms with van der Waals surface area (Å²) in [5, 5.41) is 3.67. The van der Waals surface area contributed by atoms with E-state index in [4.69, 9.17) is 0 Å². The van der Waals surface area contributed by atoms with Crippen molar-refractivity contribution in [2.45, 2.75) is 18.9 Å². The highest BCUT2D eigenvalue weighted by Gasteiger charge is 2.18. The summed E-state index contributed by atoms with van der Waals surface area (Å²) in [4.78, 5) is 6.66. The van der Waals surface area contributed by atoms with Gasteiger partial charge in [-0.05, 0) is 49.2 Å². The van der Waals surface area contributed by atoms with E-state index in [9.17, 15) is 0 Å². The van der Waals surface area contributed by atoms with Crippen LogP contribution in [0.2, 0.25) is 0 Å². The Hall–Kier alpha value is -1.71. The third-order valence-electron chi connectivity index (χ3n) is 4.15. The second-order valence-electron chi connectivity index (χ2n) is 5.68. The number of pyridine rings is 1. The molecule has 1 atom stereocenters. The van der Waals surface area contributed by atoms with Crippen molar-refractivity contribution >= 4 is 0 Å². The molecule has 0 aliphatic carbocycles. The Kier molecular flexibility index (Phi) is 4.98. The van der Waals surface area contributed by atoms with Crippen molar-refractivity contribution < 1.29 is 0 Å². The molecule has 3 heteroatoms. The molecule has 0 amide bonds. The van der Waals surface area contributed by atoms with Crippen LogP contribution in [0.25, 0.3) is 0 Å². The molecule has 2 heterocycles. The van der Waals surface area contributed by atoms with Crippen LogP contribution in [0.5, 0.6) is 0 Å². The van der Waals surface area contributed by atoms with Gasteiger partial charge in [0.25, 0.3) is 0 Å². The van der Waals surface area contributed by atoms with Crippen LogP contribution in [0.15, 0.2) is 54.9 Å². The summed E-state index contributed by atoms with van der Waals surface area (Å²) >= 11 is 0. The van der Waals surface area contributed by atoms with Gasteiger partial charge in [0, 0.05) is 31.5 Å². The quantitative estimate of drug-likeness (QED) is 0.934. The average molecular weight is 281 g/mol. The van der Waals surface area contributed by atoms with Crippen molar-refractivity contribution in [3.8, 4) is 0 Å². The van der Waals surface area contributed by atoms with Crippen molar-refractivity contribution in [3.63, 3.8) is 0 Å². The Morgan fingerprint density at radius 3 is 2.71 bits per heavy atom. The predicted molar refractivity (Wildman–Crippen MR) is 86.2 cm³/mol. The molecule has 1 aliphatic heterocycles. The summed E-state index contributed by atoms with van der Waals surface area (Å²) in [6.45, 7) is 4.50. The second kappa shape index (κ2) is 7.34. The van der Waals surface area contributed by atoms with Gasteiger partial charge in [0.05, 0.1) is 0 Å². The van der Waals surface area contributed by atoms with Crippen LogP contribution in [0.1, 0.15) is 23.6 Å². The smallest absolute Gasteiger partial charge is 0.0449 e. The van der Waals surface area contributed by atoms with E-state index in [-0.39, 0.29) is 0 Å². The summed E-state index contributed by atoms with van der Waals surface area (Å²) in [5.41, 5.74) is 2.77. The maximum atomic E-state index is 4.08. The molecule has 0 bridgehead atoms. The van der Waals surface area contributed by atoms with E-state index < -0.39 is 0 Å². The van der Waals surface area contributed by atoms with Gasteiger partial charge < -0.3 is 10.2 Å². The number of hydrogen-bond donors (Lipinski definition) is 1. The van der Waals surface area contributed by atoms with Gasteiger partial charge in [-0.3, -0.25) is 4.98 Å². The van der Waals surface area contributed by atoms with Crippen LogP contribution in [-0.2, 0) is 6.42 Å². The first-order chi connectivity index (χ1) is 10.4. The van der Waals surface area contributed by atoms with E-state index >= 15 is 0 Å². The number of rotatable bonds is 4. The zero-order valence-corrected chi connectivity index (χ0v) is 12.4. The fourth-order valence-corrected chi connectivity index (χ4v) is 2.94. The monoisotopic (exact) mass is 281 g/mol. The molecule has 1 aliphatic rings. The van der Waals surface area contributed by atoms with Gasteiger partial charge in [0.1, 0.15) is 0 Å². The normalized spacial score (nSPS) is 20.1. The van der Waals surface area contributed by atoms with Crippen LogP contribution >= 0.6 is 0 Å². The van der Waals surface area contributed by atoms with Gasteiger partial charge in [-0.2, -0.15) is 0 Å². The third-order valence-corrected chi connectivity index (χ3v) is 4.15. The molecule has 3 nitrogen and oxygen atoms in total. The summed E-state index contributed by atoms with van der Waals surface area (Å²) in [6.07, 6.45) is 6.09. The Morgan fingerprint density at radius 2 is 1.90 bits per heavy atom. The van der Waals surface area contributed by atoms with Crippen LogP contribution in [0, 0.1) is 0 Å². The fourth-order valence-electron chi connectivity index (χ4n) is 2.94. The number of nitrogens with zero attached hydrogens (tertiary/aromatic N) is 2. The maximum Gasteiger partial charge on any atom is 0.0449 e. The maximum absolute atomic E-state index is 4.08. The molecule has 1 fully saturated rings. The summed E-state index contributed by atoms with van der Waals surface area (Å²) < 4.78 is 0. The fraction of sp³-hybridized carbons (Fsp3) is 0.389. The Balaban J connectivity index is 1.60. The van der Waals surface area contributed by atoms with Crippen molar-refractivity contribution in [1.29, 1.82) is 0 Å². The molecule has 2 aromatic rings. The van der Waals surface area contributed by atoms with Crippen molar-refractivity contribution in [2.24, 2.45) is 0 Å². The van der Waals surface area contributed by atoms with E-state index in [0.717, 1.165) is 26.1 Å². The molecule has 3 rings (SSSR count). The first-order valence-electron chi connectivity index (χ1n) is 7.81. The van der Waals surface area contributed by atoms with E-state index in [2.05, 4.69) is 57.7 Å². The molecule has 1 aromatic carbocycles. The first-order valence-corrected chi connectivity index (χ1v) is 7.81. The van der Waals surface area contributed by atoms with E-state index in [0.29, 0.717) is 6.04 Å². The lowest BCUT2D eigenvalue weighted by Gasteiger charge is -2.24. The molecular weight excluding hydrogens is 258 g/mol. The van der Waals surface area contributed by atoms with E-state index in [1.54, 1.807) is 0 Å². The van der Waals surface area contributed by atoms with Crippen LogP contribution in [0.4, 0.5) is 0 Å². The van der Waals surface area contributed by atoms with Gasteiger partial charge >= 0.3 is 0 Å². The lowest BCUT2D eigenvalue weighted by Crippen LogP contribution is -2.32. The highest BCUT2D eigenvalue weighted by molar-refractivity contribution is 5.19. The topological polar surface area (TPSA) is 28.2 Å². The highest BCUT2D eigenvalue weighted by atomic mass is 15.2. The number of benzene rings is 1. The number of nitrogens with one attached hydrogen (secondary N) is 1. The van der Waals surface area contributed by atoms with Gasteiger partial charge in [-0.1, -0.05) is 30.3 Å². The predicted octanol–water partition coefficient (Wildman–Crippen LogP) is 2.66. The molecule has 1 N–H and O–H groups in total. The van der Waals surface area contributed by atoms with Crippen molar-refractivity contribution in [2.75, 3.05) is 26.2 Å². The van der Waals surface area contributed by atoms with Gasteiger partial charge in [0.15, 0.2) is 0 Å². The number of aromatic nitrogens is 1. The van der Waals surface area contributed by atoms with Crippen LogP contribution < -0.4 is 5.32 Å². The van der Waals surface area contributed by atoms with Gasteiger partial charge in [0.2, 0.25) is 0 Å². The highest BCUT2D eigenvalue weighted by Crippen LogP contribution is 2.17. The standard InChI is InChI=1S/C18H23N3/c1-2-5-17(6-3-1)18-15-21(13-4-10-20-18)14-9-16-7-11-19-12-8-16/h1-3,5-8,11-12,18,20H,4,9-10,13-15H2. The molecule has 1 saturated heterocycles. The Morgan fingerprint density at radius 1 is 1.10 bits per heavy atom. The minimum atomic E-state index is 0.450. The largest absolute Gasteiger partial charge is 0.309 e. The minimum Gasteiger partial charge on any atom is -0.309 e. The minimum absolute atomic E-state index is 0.450. The summed E-state index contributed by atoms with van der Waals surface area (Å²) in [6, 6.07) is 15.5. The van der Waals surface area contributed by atoms with E-state index in [1.807, 2.05) is 12.4 Å². The molecular formula is C18H23N3. The third kappa shape index (κ3) is 4.13. The SMILES string of the molecule is c1ccc(C2CN(CCc3ccncc3)CCCN2)cc1. The summed E-state index contributed by atoms with van der Waals surface area (Å²) in [7, 11) is 0. The second-order valence-corrected chi connectivity index (χ2v) is 5.68. The first kappa shape index (κ1) is 14.2. The molecule has 21 heavy (non-hydrogen) atoms. The van der Waals surface area contributed by atoms with Crippen molar-refractivity contribution in [1.82, 2.24) is 15.2 Å². The van der Waals surface area contributed by atoms with Crippen molar-refractivity contribution in [3.05, 3.63) is 66.0 Å². The molecule has 0 radical (unpaired) electrons. The number of hydrogen-bond acceptors (Lipinski definition) is 3. The van der Waals surface area contributed by atoms with Crippen LogP contribution in [0.3, 0.4) is 0 Å². The molecule has 1 unspecified atom stereocenters. The average Bonchev–Trinajstić information content (AvgIpc) is 2.80. The summed E-state index contributed by atoms with van der Waals surface area (Å²) in [5.74, 6) is 0. The van der Waals surface area contributed by atoms with Crippen LogP contribution in [-0.4, -0.2) is 36.1 Å². The Labute approximate surface area is 127 Å². The molecule has 1 aromatic heterocycles.